The van der Waals surface area contributed by atoms with Crippen LogP contribution in [0.2, 0.25) is 5.02 Å². The fourth-order valence-electron chi connectivity index (χ4n) is 2.02. The standard InChI is InChI=1S/C15H17ClN2O.C2H6/c1-4-9(2)13-8-6-10-11(15(19)17-3)5-7-12(16)14(10)18-13;1-2/h5-9H,4H2,1-3H3,(H,17,19);1-2H3. The molecule has 0 aliphatic rings. The van der Waals surface area contributed by atoms with E-state index < -0.39 is 0 Å². The molecule has 1 unspecified atom stereocenters. The molecule has 0 radical (unpaired) electrons. The van der Waals surface area contributed by atoms with E-state index in [0.717, 1.165) is 17.5 Å². The van der Waals surface area contributed by atoms with Crippen LogP contribution in [0, 0.1) is 0 Å². The Bertz CT molecular complexity index is 625. The Hall–Kier alpha value is -1.61. The average Bonchev–Trinajstić information content (AvgIpc) is 2.55. The number of amides is 1. The molecule has 3 nitrogen and oxygen atoms in total. The molecule has 0 aliphatic heterocycles. The van der Waals surface area contributed by atoms with Crippen LogP contribution in [-0.4, -0.2) is 17.9 Å². The molecular weight excluding hydrogens is 284 g/mol. The summed E-state index contributed by atoms with van der Waals surface area (Å²) in [6.45, 7) is 8.25. The molecule has 0 bridgehead atoms. The van der Waals surface area contributed by atoms with Crippen LogP contribution in [0.25, 0.3) is 10.9 Å². The molecule has 1 N–H and O–H groups in total. The Morgan fingerprint density at radius 3 is 2.52 bits per heavy atom. The smallest absolute Gasteiger partial charge is 0.251 e. The van der Waals surface area contributed by atoms with Gasteiger partial charge in [-0.3, -0.25) is 9.78 Å². The van der Waals surface area contributed by atoms with Gasteiger partial charge in [0.1, 0.15) is 0 Å². The molecule has 21 heavy (non-hydrogen) atoms. The lowest BCUT2D eigenvalue weighted by Gasteiger charge is -2.11. The summed E-state index contributed by atoms with van der Waals surface area (Å²) in [5.74, 6) is 0.254. The summed E-state index contributed by atoms with van der Waals surface area (Å²) < 4.78 is 0. The highest BCUT2D eigenvalue weighted by Crippen LogP contribution is 2.27. The Labute approximate surface area is 131 Å². The maximum absolute atomic E-state index is 11.8. The van der Waals surface area contributed by atoms with E-state index in [1.54, 1.807) is 19.2 Å². The number of hydrogen-bond acceptors (Lipinski definition) is 2. The van der Waals surface area contributed by atoms with E-state index in [9.17, 15) is 4.79 Å². The number of hydrogen-bond donors (Lipinski definition) is 1. The number of nitrogens with zero attached hydrogens (tertiary/aromatic N) is 1. The average molecular weight is 307 g/mol. The Morgan fingerprint density at radius 1 is 1.29 bits per heavy atom. The number of benzene rings is 1. The fraction of sp³-hybridized carbons (Fsp3) is 0.412. The van der Waals surface area contributed by atoms with Gasteiger partial charge in [0.2, 0.25) is 0 Å². The highest BCUT2D eigenvalue weighted by atomic mass is 35.5. The third-order valence-electron chi connectivity index (χ3n) is 3.42. The molecular formula is C17H23ClN2O. The van der Waals surface area contributed by atoms with Gasteiger partial charge in [0.15, 0.2) is 0 Å². The third kappa shape index (κ3) is 3.73. The van der Waals surface area contributed by atoms with Gasteiger partial charge in [0, 0.05) is 23.7 Å². The van der Waals surface area contributed by atoms with E-state index in [2.05, 4.69) is 24.1 Å². The topological polar surface area (TPSA) is 42.0 Å². The highest BCUT2D eigenvalue weighted by Gasteiger charge is 2.13. The number of nitrogens with one attached hydrogen (secondary N) is 1. The van der Waals surface area contributed by atoms with Gasteiger partial charge in [-0.15, -0.1) is 0 Å². The van der Waals surface area contributed by atoms with Gasteiger partial charge in [-0.05, 0) is 30.5 Å². The first-order valence-electron chi connectivity index (χ1n) is 7.39. The number of carbonyl (C=O) groups excluding carboxylic acids is 1. The van der Waals surface area contributed by atoms with Crippen LogP contribution < -0.4 is 5.32 Å². The molecule has 0 spiro atoms. The second-order valence-electron chi connectivity index (χ2n) is 4.62. The Balaban J connectivity index is 0.00000106. The number of aromatic nitrogens is 1. The summed E-state index contributed by atoms with van der Waals surface area (Å²) in [7, 11) is 1.61. The molecule has 1 aromatic heterocycles. The molecule has 0 saturated heterocycles. The van der Waals surface area contributed by atoms with Crippen molar-refractivity contribution in [1.82, 2.24) is 10.3 Å². The maximum atomic E-state index is 11.8. The number of fused-ring (bicyclic) bond motifs is 1. The van der Waals surface area contributed by atoms with Gasteiger partial charge >= 0.3 is 0 Å². The lowest BCUT2D eigenvalue weighted by molar-refractivity contribution is 0.0964. The summed E-state index contributed by atoms with van der Waals surface area (Å²) in [6, 6.07) is 7.36. The molecule has 2 aromatic rings. The second kappa shape index (κ2) is 7.99. The van der Waals surface area contributed by atoms with E-state index >= 15 is 0 Å². The normalized spacial score (nSPS) is 11.5. The monoisotopic (exact) mass is 306 g/mol. The number of pyridine rings is 1. The Morgan fingerprint density at radius 2 is 1.95 bits per heavy atom. The SMILES string of the molecule is CC.CCC(C)c1ccc2c(C(=O)NC)ccc(Cl)c2n1. The fourth-order valence-corrected chi connectivity index (χ4v) is 2.22. The van der Waals surface area contributed by atoms with Crippen LogP contribution in [-0.2, 0) is 0 Å². The first-order chi connectivity index (χ1) is 10.1. The molecule has 1 amide bonds. The first kappa shape index (κ1) is 17.4. The molecule has 4 heteroatoms. The molecule has 0 aliphatic carbocycles. The lowest BCUT2D eigenvalue weighted by Crippen LogP contribution is -2.18. The van der Waals surface area contributed by atoms with Crippen LogP contribution in [0.4, 0.5) is 0 Å². The molecule has 0 fully saturated rings. The van der Waals surface area contributed by atoms with E-state index in [4.69, 9.17) is 11.6 Å². The van der Waals surface area contributed by atoms with E-state index in [1.807, 2.05) is 26.0 Å². The summed E-state index contributed by atoms with van der Waals surface area (Å²) in [5.41, 5.74) is 2.30. The Kier molecular flexibility index (Phi) is 6.63. The van der Waals surface area contributed by atoms with Crippen LogP contribution in [0.3, 0.4) is 0 Å². The quantitative estimate of drug-likeness (QED) is 0.886. The zero-order valence-corrected chi connectivity index (χ0v) is 14.1. The van der Waals surface area contributed by atoms with Crippen molar-refractivity contribution >= 4 is 28.4 Å². The number of carbonyl (C=O) groups is 1. The van der Waals surface area contributed by atoms with E-state index in [0.29, 0.717) is 22.0 Å². The van der Waals surface area contributed by atoms with Crippen molar-refractivity contribution in [2.45, 2.75) is 40.0 Å². The van der Waals surface area contributed by atoms with Crippen molar-refractivity contribution in [1.29, 1.82) is 0 Å². The largest absolute Gasteiger partial charge is 0.355 e. The maximum Gasteiger partial charge on any atom is 0.251 e. The number of rotatable bonds is 3. The first-order valence-corrected chi connectivity index (χ1v) is 7.77. The molecule has 1 heterocycles. The third-order valence-corrected chi connectivity index (χ3v) is 3.72. The zero-order chi connectivity index (χ0) is 16.0. The van der Waals surface area contributed by atoms with Gasteiger partial charge < -0.3 is 5.32 Å². The molecule has 2 rings (SSSR count). The van der Waals surface area contributed by atoms with E-state index in [1.165, 1.54) is 0 Å². The lowest BCUT2D eigenvalue weighted by atomic mass is 10.0. The summed E-state index contributed by atoms with van der Waals surface area (Å²) in [5, 5.41) is 4.00. The highest BCUT2D eigenvalue weighted by molar-refractivity contribution is 6.35. The van der Waals surface area contributed by atoms with Gasteiger partial charge in [-0.1, -0.05) is 45.4 Å². The van der Waals surface area contributed by atoms with Crippen LogP contribution in [0.15, 0.2) is 24.3 Å². The summed E-state index contributed by atoms with van der Waals surface area (Å²) >= 11 is 6.20. The van der Waals surface area contributed by atoms with E-state index in [-0.39, 0.29) is 5.91 Å². The molecule has 114 valence electrons. The van der Waals surface area contributed by atoms with Crippen molar-refractivity contribution in [3.05, 3.63) is 40.5 Å². The second-order valence-corrected chi connectivity index (χ2v) is 5.02. The van der Waals surface area contributed by atoms with Crippen molar-refractivity contribution in [3.63, 3.8) is 0 Å². The van der Waals surface area contributed by atoms with Crippen molar-refractivity contribution in [3.8, 4) is 0 Å². The molecule has 1 atom stereocenters. The van der Waals surface area contributed by atoms with Gasteiger partial charge in [0.25, 0.3) is 5.91 Å². The number of halogens is 1. The van der Waals surface area contributed by atoms with Gasteiger partial charge in [-0.2, -0.15) is 0 Å². The van der Waals surface area contributed by atoms with Gasteiger partial charge in [-0.25, -0.2) is 0 Å². The van der Waals surface area contributed by atoms with Crippen LogP contribution >= 0.6 is 11.6 Å². The molecule has 0 saturated carbocycles. The minimum Gasteiger partial charge on any atom is -0.355 e. The van der Waals surface area contributed by atoms with Gasteiger partial charge in [0.05, 0.1) is 10.5 Å². The van der Waals surface area contributed by atoms with Crippen LogP contribution in [0.5, 0.6) is 0 Å². The minimum atomic E-state index is -0.125. The van der Waals surface area contributed by atoms with Crippen LogP contribution in [0.1, 0.15) is 56.1 Å². The van der Waals surface area contributed by atoms with Crippen molar-refractivity contribution < 1.29 is 4.79 Å². The zero-order valence-electron chi connectivity index (χ0n) is 13.3. The predicted molar refractivity (Wildman–Crippen MR) is 90.2 cm³/mol. The summed E-state index contributed by atoms with van der Waals surface area (Å²) in [4.78, 5) is 16.4. The van der Waals surface area contributed by atoms with Crippen molar-refractivity contribution in [2.24, 2.45) is 0 Å². The summed E-state index contributed by atoms with van der Waals surface area (Å²) in [6.07, 6.45) is 1.02. The molecule has 1 aromatic carbocycles. The minimum absolute atomic E-state index is 0.125. The predicted octanol–water partition coefficient (Wildman–Crippen LogP) is 4.79. The van der Waals surface area contributed by atoms with Crippen molar-refractivity contribution in [2.75, 3.05) is 7.05 Å².